The number of ether oxygens (including phenoxy) is 4. The minimum absolute atomic E-state index is 0.192. The largest absolute Gasteiger partial charge is 0.464 e. The van der Waals surface area contributed by atoms with E-state index >= 15 is 0 Å². The predicted molar refractivity (Wildman–Crippen MR) is 112 cm³/mol. The number of fused-ring (bicyclic) bond motifs is 1. The van der Waals surface area contributed by atoms with Crippen LogP contribution in [0.15, 0.2) is 25.6 Å². The van der Waals surface area contributed by atoms with Crippen LogP contribution in [0.2, 0.25) is 0 Å². The second kappa shape index (κ2) is 8.37. The fourth-order valence-electron chi connectivity index (χ4n) is 3.97. The number of carbonyl (C=O) groups is 3. The summed E-state index contributed by atoms with van der Waals surface area (Å²) in [6, 6.07) is 3.26. The number of esters is 3. The third kappa shape index (κ3) is 4.29. The highest BCUT2D eigenvalue weighted by molar-refractivity contribution is 9.13. The number of rotatable bonds is 6. The summed E-state index contributed by atoms with van der Waals surface area (Å²) < 4.78 is 53.6. The van der Waals surface area contributed by atoms with E-state index in [2.05, 4.69) is 47.8 Å². The molecule has 0 aromatic heterocycles. The van der Waals surface area contributed by atoms with Crippen molar-refractivity contribution in [2.75, 3.05) is 12.4 Å². The average molecular weight is 649 g/mol. The van der Waals surface area contributed by atoms with E-state index in [9.17, 15) is 22.8 Å². The Morgan fingerprint density at radius 2 is 1.84 bits per heavy atom. The van der Waals surface area contributed by atoms with Gasteiger partial charge in [-0.15, -0.1) is 0 Å². The van der Waals surface area contributed by atoms with Crippen LogP contribution in [0, 0.1) is 11.8 Å². The smallest absolute Gasteiger partial charge is 0.339 e. The Morgan fingerprint density at radius 1 is 1.13 bits per heavy atom. The van der Waals surface area contributed by atoms with E-state index in [0.29, 0.717) is 13.4 Å². The number of hydrogen-bond acceptors (Lipinski definition) is 9. The second-order valence-corrected chi connectivity index (χ2v) is 11.2. The average Bonchev–Trinajstić information content (AvgIpc) is 3.27. The fraction of sp³-hybridized carbons (Fsp3) is 0.471. The molecule has 1 N–H and O–H groups in total. The molecular weight excluding hydrogens is 636 g/mol. The van der Waals surface area contributed by atoms with Gasteiger partial charge < -0.3 is 18.9 Å². The van der Waals surface area contributed by atoms with Crippen LogP contribution in [0.1, 0.15) is 10.4 Å². The summed E-state index contributed by atoms with van der Waals surface area (Å²) >= 11 is 9.92. The van der Waals surface area contributed by atoms with Gasteiger partial charge in [0.05, 0.1) is 5.56 Å². The van der Waals surface area contributed by atoms with Crippen LogP contribution in [0.5, 0.6) is 0 Å². The van der Waals surface area contributed by atoms with Crippen molar-refractivity contribution in [3.05, 3.63) is 31.1 Å². The maximum absolute atomic E-state index is 12.8. The van der Waals surface area contributed by atoms with Crippen LogP contribution in [0.4, 0.5) is 0 Å². The number of hydrogen-bond donors (Lipinski definition) is 1. The highest BCUT2D eigenvalue weighted by Crippen LogP contribution is 2.51. The molecule has 0 radical (unpaired) electrons. The van der Waals surface area contributed by atoms with E-state index in [1.54, 1.807) is 6.07 Å². The molecule has 3 heterocycles. The van der Waals surface area contributed by atoms with Crippen molar-refractivity contribution in [3.63, 3.8) is 0 Å². The van der Waals surface area contributed by atoms with E-state index in [4.69, 9.17) is 23.5 Å². The molecule has 0 spiro atoms. The van der Waals surface area contributed by atoms with Gasteiger partial charge in [0.1, 0.15) is 36.4 Å². The second-order valence-electron chi connectivity index (χ2n) is 7.09. The Kier molecular flexibility index (Phi) is 6.24. The normalized spacial score (nSPS) is 30.9. The Morgan fingerprint density at radius 3 is 2.52 bits per heavy atom. The first-order chi connectivity index (χ1) is 14.5. The van der Waals surface area contributed by atoms with Gasteiger partial charge in [-0.05, 0) is 44.0 Å². The summed E-state index contributed by atoms with van der Waals surface area (Å²) in [6.45, 7) is -0.597. The van der Waals surface area contributed by atoms with Gasteiger partial charge in [0, 0.05) is 13.4 Å². The van der Waals surface area contributed by atoms with E-state index < -0.39 is 76.6 Å². The lowest BCUT2D eigenvalue weighted by Crippen LogP contribution is -2.48. The molecule has 31 heavy (non-hydrogen) atoms. The SMILES string of the molecule is O=C(OC1C2OC(=O)C3C2OC1C3C(=O)OCCS(=O)(=O)O)c1cc(Br)cc(Br)c1Br. The molecule has 168 valence electrons. The lowest BCUT2D eigenvalue weighted by molar-refractivity contribution is -0.155. The van der Waals surface area contributed by atoms with Gasteiger partial charge in [-0.2, -0.15) is 8.42 Å². The highest BCUT2D eigenvalue weighted by Gasteiger charge is 2.72. The van der Waals surface area contributed by atoms with Gasteiger partial charge in [-0.25, -0.2) is 4.79 Å². The van der Waals surface area contributed by atoms with Gasteiger partial charge in [0.25, 0.3) is 10.1 Å². The van der Waals surface area contributed by atoms with Crippen molar-refractivity contribution in [1.29, 1.82) is 0 Å². The van der Waals surface area contributed by atoms with Crippen molar-refractivity contribution >= 4 is 75.8 Å². The van der Waals surface area contributed by atoms with E-state index in [1.165, 1.54) is 6.07 Å². The van der Waals surface area contributed by atoms with Crippen molar-refractivity contribution in [2.45, 2.75) is 24.4 Å². The van der Waals surface area contributed by atoms with Crippen LogP contribution in [0.25, 0.3) is 0 Å². The zero-order valence-electron chi connectivity index (χ0n) is 15.2. The minimum atomic E-state index is -4.33. The van der Waals surface area contributed by atoms with Crippen LogP contribution in [-0.4, -0.2) is 67.7 Å². The molecule has 14 heteroatoms. The molecule has 3 aliphatic heterocycles. The summed E-state index contributed by atoms with van der Waals surface area (Å²) in [4.78, 5) is 37.6. The first-order valence-electron chi connectivity index (χ1n) is 8.81. The number of halogens is 3. The molecule has 0 amide bonds. The third-order valence-electron chi connectivity index (χ3n) is 5.22. The molecule has 0 saturated carbocycles. The van der Waals surface area contributed by atoms with Gasteiger partial charge in [0.2, 0.25) is 0 Å². The maximum atomic E-state index is 12.8. The van der Waals surface area contributed by atoms with Crippen molar-refractivity contribution in [1.82, 2.24) is 0 Å². The molecule has 0 aliphatic carbocycles. The molecule has 6 unspecified atom stereocenters. The quantitative estimate of drug-likeness (QED) is 0.210. The molecule has 3 fully saturated rings. The highest BCUT2D eigenvalue weighted by atomic mass is 79.9. The molecule has 3 aliphatic rings. The zero-order chi connectivity index (χ0) is 22.7. The molecule has 1 aromatic carbocycles. The molecule has 1 aromatic rings. The summed E-state index contributed by atoms with van der Waals surface area (Å²) in [5, 5.41) is 0. The van der Waals surface area contributed by atoms with Crippen molar-refractivity contribution in [2.24, 2.45) is 11.8 Å². The van der Waals surface area contributed by atoms with Gasteiger partial charge >= 0.3 is 17.9 Å². The molecule has 3 saturated heterocycles. The monoisotopic (exact) mass is 646 g/mol. The summed E-state index contributed by atoms with van der Waals surface area (Å²) in [5.74, 6) is -5.16. The first kappa shape index (κ1) is 23.1. The van der Waals surface area contributed by atoms with Gasteiger partial charge in [0.15, 0.2) is 12.2 Å². The summed E-state index contributed by atoms with van der Waals surface area (Å²) in [5.41, 5.74) is 0.192. The van der Waals surface area contributed by atoms with Gasteiger partial charge in [-0.3, -0.25) is 14.1 Å². The molecule has 2 bridgehead atoms. The van der Waals surface area contributed by atoms with Crippen LogP contribution in [-0.2, 0) is 38.7 Å². The van der Waals surface area contributed by atoms with Crippen LogP contribution in [0.3, 0.4) is 0 Å². The summed E-state index contributed by atoms with van der Waals surface area (Å²) in [7, 11) is -4.33. The van der Waals surface area contributed by atoms with Gasteiger partial charge in [-0.1, -0.05) is 15.9 Å². The zero-order valence-corrected chi connectivity index (χ0v) is 20.8. The molecular formula is C17H13Br3O10S. The third-order valence-corrected chi connectivity index (χ3v) is 8.37. The lowest BCUT2D eigenvalue weighted by Gasteiger charge is -2.27. The maximum Gasteiger partial charge on any atom is 0.339 e. The first-order valence-corrected chi connectivity index (χ1v) is 12.8. The van der Waals surface area contributed by atoms with Crippen LogP contribution < -0.4 is 0 Å². The Labute approximate surface area is 201 Å². The Hall–Kier alpha value is -1.06. The predicted octanol–water partition coefficient (Wildman–Crippen LogP) is 1.87. The molecule has 10 nitrogen and oxygen atoms in total. The van der Waals surface area contributed by atoms with E-state index in [-0.39, 0.29) is 5.56 Å². The Balaban J connectivity index is 1.53. The molecule has 6 atom stereocenters. The van der Waals surface area contributed by atoms with Crippen molar-refractivity contribution in [3.8, 4) is 0 Å². The lowest BCUT2D eigenvalue weighted by atomic mass is 9.78. The minimum Gasteiger partial charge on any atom is -0.464 e. The topological polar surface area (TPSA) is 142 Å². The summed E-state index contributed by atoms with van der Waals surface area (Å²) in [6.07, 6.45) is -3.69. The van der Waals surface area contributed by atoms with Crippen molar-refractivity contribution < 1.29 is 46.3 Å². The fourth-order valence-corrected chi connectivity index (χ4v) is 5.88. The standard InChI is InChI=1S/C17H13Br3O10S/c18-5-3-6(10(20)7(19)4-5)15(21)29-13-11-8(16(22)27-1-2-31(24,25)26)9-12(28-11)14(13)30-17(9)23/h3-4,8-9,11-14H,1-2H2,(H,24,25,26). The Bertz CT molecular complexity index is 1070. The number of benzene rings is 1. The van der Waals surface area contributed by atoms with Crippen LogP contribution >= 0.6 is 47.8 Å². The van der Waals surface area contributed by atoms with E-state index in [0.717, 1.165) is 0 Å². The van der Waals surface area contributed by atoms with E-state index in [1.807, 2.05) is 0 Å². The number of carbonyl (C=O) groups excluding carboxylic acids is 3. The molecule has 4 rings (SSSR count).